The minimum atomic E-state index is -0.485. The zero-order valence-electron chi connectivity index (χ0n) is 9.85. The average molecular weight is 311 g/mol. The van der Waals surface area contributed by atoms with Crippen molar-refractivity contribution in [3.05, 3.63) is 56.7 Å². The maximum absolute atomic E-state index is 10.5. The molecule has 2 rings (SSSR count). The Bertz CT molecular complexity index is 490. The Balaban J connectivity index is 2.33. The highest BCUT2D eigenvalue weighted by Gasteiger charge is 2.31. The van der Waals surface area contributed by atoms with E-state index in [0.717, 1.165) is 14.2 Å². The van der Waals surface area contributed by atoms with Crippen LogP contribution in [0.5, 0.6) is 0 Å². The number of halogens is 1. The predicted molar refractivity (Wildman–Crippen MR) is 76.4 cm³/mol. The van der Waals surface area contributed by atoms with Crippen LogP contribution in [0.25, 0.3) is 0 Å². The van der Waals surface area contributed by atoms with Gasteiger partial charge < -0.3 is 5.11 Å². The van der Waals surface area contributed by atoms with E-state index in [1.807, 2.05) is 30.3 Å². The van der Waals surface area contributed by atoms with Crippen molar-refractivity contribution in [2.45, 2.75) is 25.4 Å². The van der Waals surface area contributed by atoms with Crippen LogP contribution in [0.2, 0.25) is 0 Å². The van der Waals surface area contributed by atoms with Crippen molar-refractivity contribution in [2.24, 2.45) is 0 Å². The van der Waals surface area contributed by atoms with Crippen molar-refractivity contribution in [3.8, 4) is 0 Å². The number of aliphatic hydroxyl groups is 1. The molecular formula is C14H15BrOS. The number of thiophene rings is 1. The molecule has 1 nitrogen and oxygen atoms in total. The van der Waals surface area contributed by atoms with E-state index in [1.54, 1.807) is 11.3 Å². The summed E-state index contributed by atoms with van der Waals surface area (Å²) in [6.07, 6.45) is -0.485. The van der Waals surface area contributed by atoms with E-state index in [1.165, 1.54) is 0 Å². The fourth-order valence-electron chi connectivity index (χ4n) is 1.86. The van der Waals surface area contributed by atoms with Crippen LogP contribution in [0.15, 0.2) is 46.3 Å². The Kier molecular flexibility index (Phi) is 3.71. The van der Waals surface area contributed by atoms with Crippen molar-refractivity contribution < 1.29 is 5.11 Å². The molecule has 0 aliphatic heterocycles. The molecule has 17 heavy (non-hydrogen) atoms. The van der Waals surface area contributed by atoms with Crippen LogP contribution in [-0.4, -0.2) is 5.11 Å². The zero-order chi connectivity index (χ0) is 12.5. The summed E-state index contributed by atoms with van der Waals surface area (Å²) in [4.78, 5) is 0.991. The van der Waals surface area contributed by atoms with Crippen LogP contribution >= 0.6 is 27.3 Å². The summed E-state index contributed by atoms with van der Waals surface area (Å²) >= 11 is 5.01. The zero-order valence-corrected chi connectivity index (χ0v) is 12.3. The highest BCUT2D eigenvalue weighted by atomic mass is 79.9. The van der Waals surface area contributed by atoms with E-state index in [0.29, 0.717) is 0 Å². The normalized spacial score (nSPS) is 13.6. The van der Waals surface area contributed by atoms with Gasteiger partial charge in [-0.2, -0.15) is 0 Å². The van der Waals surface area contributed by atoms with Crippen LogP contribution in [-0.2, 0) is 5.41 Å². The molecule has 0 spiro atoms. The average Bonchev–Trinajstić information content (AvgIpc) is 2.76. The third-order valence-corrected chi connectivity index (χ3v) is 4.74. The monoisotopic (exact) mass is 310 g/mol. The first-order chi connectivity index (χ1) is 8.01. The molecule has 1 aromatic carbocycles. The van der Waals surface area contributed by atoms with E-state index >= 15 is 0 Å². The molecule has 0 aliphatic carbocycles. The Hall–Kier alpha value is -0.640. The second-order valence-electron chi connectivity index (χ2n) is 4.63. The SMILES string of the molecule is CC(C)(c1ccccc1)C(O)c1ccc(Br)s1. The molecule has 90 valence electrons. The maximum atomic E-state index is 10.5. The molecule has 3 heteroatoms. The van der Waals surface area contributed by atoms with Gasteiger partial charge in [-0.15, -0.1) is 11.3 Å². The Morgan fingerprint density at radius 2 is 1.76 bits per heavy atom. The summed E-state index contributed by atoms with van der Waals surface area (Å²) in [5.41, 5.74) is 0.864. The summed E-state index contributed by atoms with van der Waals surface area (Å²) in [5.74, 6) is 0. The summed E-state index contributed by atoms with van der Waals surface area (Å²) in [5, 5.41) is 10.5. The molecule has 0 aliphatic rings. The van der Waals surface area contributed by atoms with E-state index in [4.69, 9.17) is 0 Å². The van der Waals surface area contributed by atoms with Gasteiger partial charge in [-0.3, -0.25) is 0 Å². The van der Waals surface area contributed by atoms with Gasteiger partial charge in [-0.05, 0) is 33.6 Å². The van der Waals surface area contributed by atoms with Crippen molar-refractivity contribution >= 4 is 27.3 Å². The first-order valence-corrected chi connectivity index (χ1v) is 7.11. The van der Waals surface area contributed by atoms with Crippen molar-refractivity contribution in [1.82, 2.24) is 0 Å². The summed E-state index contributed by atoms with van der Waals surface area (Å²) < 4.78 is 1.05. The lowest BCUT2D eigenvalue weighted by Gasteiger charge is -2.30. The molecule has 1 atom stereocenters. The smallest absolute Gasteiger partial charge is 0.0973 e. The molecule has 0 saturated carbocycles. The standard InChI is InChI=1S/C14H15BrOS/c1-14(2,10-6-4-3-5-7-10)13(16)11-8-9-12(15)17-11/h3-9,13,16H,1-2H3. The summed E-state index contributed by atoms with van der Waals surface area (Å²) in [7, 11) is 0. The molecule has 0 amide bonds. The van der Waals surface area contributed by atoms with Crippen LogP contribution in [0, 0.1) is 0 Å². The van der Waals surface area contributed by atoms with Crippen molar-refractivity contribution in [2.75, 3.05) is 0 Å². The van der Waals surface area contributed by atoms with Crippen LogP contribution < -0.4 is 0 Å². The van der Waals surface area contributed by atoms with Gasteiger partial charge in [0.2, 0.25) is 0 Å². The first kappa shape index (κ1) is 12.8. The number of hydrogen-bond donors (Lipinski definition) is 1. The van der Waals surface area contributed by atoms with Crippen LogP contribution in [0.4, 0.5) is 0 Å². The van der Waals surface area contributed by atoms with Gasteiger partial charge >= 0.3 is 0 Å². The molecule has 2 aromatic rings. The minimum Gasteiger partial charge on any atom is -0.387 e. The molecular weight excluding hydrogens is 296 g/mol. The number of hydrogen-bond acceptors (Lipinski definition) is 2. The quantitative estimate of drug-likeness (QED) is 0.883. The van der Waals surface area contributed by atoms with Gasteiger partial charge in [-0.25, -0.2) is 0 Å². The topological polar surface area (TPSA) is 20.2 Å². The Labute approximate surface area is 114 Å². The number of benzene rings is 1. The molecule has 0 fully saturated rings. The lowest BCUT2D eigenvalue weighted by atomic mass is 9.79. The number of rotatable bonds is 3. The first-order valence-electron chi connectivity index (χ1n) is 5.50. The lowest BCUT2D eigenvalue weighted by Crippen LogP contribution is -2.26. The Morgan fingerprint density at radius 1 is 1.12 bits per heavy atom. The fraction of sp³-hybridized carbons (Fsp3) is 0.286. The molecule has 1 unspecified atom stereocenters. The molecule has 1 heterocycles. The maximum Gasteiger partial charge on any atom is 0.0973 e. The number of aliphatic hydroxyl groups excluding tert-OH is 1. The van der Waals surface area contributed by atoms with E-state index in [-0.39, 0.29) is 5.41 Å². The summed E-state index contributed by atoms with van der Waals surface area (Å²) in [6.45, 7) is 4.14. The van der Waals surface area contributed by atoms with Gasteiger partial charge in [0.05, 0.1) is 9.89 Å². The molecule has 1 aromatic heterocycles. The van der Waals surface area contributed by atoms with E-state index < -0.39 is 6.10 Å². The van der Waals surface area contributed by atoms with Gasteiger partial charge in [0.25, 0.3) is 0 Å². The second-order valence-corrected chi connectivity index (χ2v) is 7.13. The second kappa shape index (κ2) is 4.92. The molecule has 1 N–H and O–H groups in total. The van der Waals surface area contributed by atoms with Gasteiger partial charge in [0.15, 0.2) is 0 Å². The third-order valence-electron chi connectivity index (χ3n) is 3.06. The third kappa shape index (κ3) is 2.62. The van der Waals surface area contributed by atoms with Gasteiger partial charge in [0.1, 0.15) is 0 Å². The van der Waals surface area contributed by atoms with E-state index in [2.05, 4.69) is 41.9 Å². The minimum absolute atomic E-state index is 0.286. The molecule has 0 bridgehead atoms. The summed E-state index contributed by atoms with van der Waals surface area (Å²) in [6, 6.07) is 14.1. The van der Waals surface area contributed by atoms with Gasteiger partial charge in [-0.1, -0.05) is 44.2 Å². The fourth-order valence-corrected chi connectivity index (χ4v) is 3.45. The van der Waals surface area contributed by atoms with Crippen molar-refractivity contribution in [1.29, 1.82) is 0 Å². The van der Waals surface area contributed by atoms with Crippen LogP contribution in [0.3, 0.4) is 0 Å². The van der Waals surface area contributed by atoms with Crippen LogP contribution in [0.1, 0.15) is 30.4 Å². The lowest BCUT2D eigenvalue weighted by molar-refractivity contribution is 0.104. The largest absolute Gasteiger partial charge is 0.387 e. The Morgan fingerprint density at radius 3 is 2.29 bits per heavy atom. The highest BCUT2D eigenvalue weighted by Crippen LogP contribution is 2.40. The van der Waals surface area contributed by atoms with Gasteiger partial charge in [0, 0.05) is 10.3 Å². The van der Waals surface area contributed by atoms with E-state index in [9.17, 15) is 5.11 Å². The molecule has 0 saturated heterocycles. The van der Waals surface area contributed by atoms with Crippen molar-refractivity contribution in [3.63, 3.8) is 0 Å². The predicted octanol–water partition coefficient (Wildman–Crippen LogP) is 4.52. The molecule has 0 radical (unpaired) electrons. The highest BCUT2D eigenvalue weighted by molar-refractivity contribution is 9.11.